The second-order valence-corrected chi connectivity index (χ2v) is 7.77. The molecular formula is C20H21N5O2S. The third-order valence-corrected chi connectivity index (χ3v) is 5.14. The third-order valence-electron chi connectivity index (χ3n) is 4.10. The van der Waals surface area contributed by atoms with Crippen molar-refractivity contribution in [2.75, 3.05) is 0 Å². The maximum absolute atomic E-state index is 12.1. The first kappa shape index (κ1) is 19.6. The number of carbonyl (C=O) groups is 2. The molecule has 0 saturated heterocycles. The molecular weight excluding hydrogens is 374 g/mol. The molecule has 28 heavy (non-hydrogen) atoms. The molecule has 1 heterocycles. The molecule has 3 amide bonds. The summed E-state index contributed by atoms with van der Waals surface area (Å²) in [4.78, 5) is 23.0. The second kappa shape index (κ2) is 8.26. The summed E-state index contributed by atoms with van der Waals surface area (Å²) in [5.74, 6) is 0.200. The maximum Gasteiger partial charge on any atom is 0.318 e. The molecule has 1 unspecified atom stereocenters. The van der Waals surface area contributed by atoms with E-state index < -0.39 is 17.2 Å². The van der Waals surface area contributed by atoms with Gasteiger partial charge in [-0.05, 0) is 39.0 Å². The Balaban J connectivity index is 2.04. The Morgan fingerprint density at radius 2 is 1.79 bits per heavy atom. The van der Waals surface area contributed by atoms with Gasteiger partial charge in [0.25, 0.3) is 0 Å². The SMILES string of the molecule is Cc1ccc(-n2c(SC(C)C(=O)NC(N)=O)nnc2-c2cccc(C)c2)cc1. The Morgan fingerprint density at radius 1 is 1.07 bits per heavy atom. The monoisotopic (exact) mass is 395 g/mol. The Kier molecular flexibility index (Phi) is 5.79. The Labute approximate surface area is 167 Å². The highest BCUT2D eigenvalue weighted by Crippen LogP contribution is 2.30. The van der Waals surface area contributed by atoms with Gasteiger partial charge in [0.05, 0.1) is 5.25 Å². The van der Waals surface area contributed by atoms with Crippen molar-refractivity contribution in [1.82, 2.24) is 20.1 Å². The number of benzene rings is 2. The Morgan fingerprint density at radius 3 is 2.43 bits per heavy atom. The lowest BCUT2D eigenvalue weighted by molar-refractivity contribution is -0.119. The van der Waals surface area contributed by atoms with E-state index in [4.69, 9.17) is 5.73 Å². The molecule has 0 saturated carbocycles. The van der Waals surface area contributed by atoms with Crippen molar-refractivity contribution in [2.45, 2.75) is 31.2 Å². The van der Waals surface area contributed by atoms with Crippen LogP contribution in [0, 0.1) is 13.8 Å². The number of amides is 3. The van der Waals surface area contributed by atoms with Crippen LogP contribution in [0.1, 0.15) is 18.1 Å². The van der Waals surface area contributed by atoms with Crippen LogP contribution in [-0.4, -0.2) is 32.0 Å². The van der Waals surface area contributed by atoms with Gasteiger partial charge < -0.3 is 5.73 Å². The summed E-state index contributed by atoms with van der Waals surface area (Å²) in [6.07, 6.45) is 0. The molecule has 2 aromatic carbocycles. The molecule has 1 atom stereocenters. The van der Waals surface area contributed by atoms with Gasteiger partial charge in [0.1, 0.15) is 0 Å². The summed E-state index contributed by atoms with van der Waals surface area (Å²) in [6.45, 7) is 5.72. The zero-order valence-electron chi connectivity index (χ0n) is 15.8. The Bertz CT molecular complexity index is 1010. The molecule has 0 aliphatic rings. The molecule has 0 aliphatic carbocycles. The van der Waals surface area contributed by atoms with Crippen LogP contribution in [0.15, 0.2) is 53.7 Å². The van der Waals surface area contributed by atoms with E-state index in [0.717, 1.165) is 22.4 Å². The first-order valence-electron chi connectivity index (χ1n) is 8.71. The highest BCUT2D eigenvalue weighted by molar-refractivity contribution is 8.00. The van der Waals surface area contributed by atoms with E-state index in [2.05, 4.69) is 15.5 Å². The van der Waals surface area contributed by atoms with Crippen LogP contribution >= 0.6 is 11.8 Å². The van der Waals surface area contributed by atoms with E-state index in [0.29, 0.717) is 11.0 Å². The van der Waals surface area contributed by atoms with Crippen LogP contribution in [0.4, 0.5) is 4.79 Å². The summed E-state index contributed by atoms with van der Waals surface area (Å²) >= 11 is 1.21. The topological polar surface area (TPSA) is 103 Å². The number of rotatable bonds is 5. The lowest BCUT2D eigenvalue weighted by atomic mass is 10.1. The van der Waals surface area contributed by atoms with E-state index in [1.807, 2.05) is 66.9 Å². The number of imide groups is 1. The highest BCUT2D eigenvalue weighted by atomic mass is 32.2. The molecule has 3 aromatic rings. The average Bonchev–Trinajstić information content (AvgIpc) is 3.05. The summed E-state index contributed by atoms with van der Waals surface area (Å²) in [5, 5.41) is 10.7. The van der Waals surface area contributed by atoms with Gasteiger partial charge in [-0.2, -0.15) is 0 Å². The minimum atomic E-state index is -0.877. The molecule has 7 nitrogen and oxygen atoms in total. The number of thioether (sulfide) groups is 1. The van der Waals surface area contributed by atoms with Gasteiger partial charge in [0.2, 0.25) is 5.91 Å². The molecule has 0 fully saturated rings. The molecule has 0 bridgehead atoms. The number of urea groups is 1. The number of nitrogens with two attached hydrogens (primary N) is 1. The minimum absolute atomic E-state index is 0.479. The zero-order valence-corrected chi connectivity index (χ0v) is 16.7. The molecule has 3 N–H and O–H groups in total. The number of nitrogens with one attached hydrogen (secondary N) is 1. The number of carbonyl (C=O) groups excluding carboxylic acids is 2. The second-order valence-electron chi connectivity index (χ2n) is 6.46. The standard InChI is InChI=1S/C20H21N5O2S/c1-12-7-9-16(10-8-12)25-17(15-6-4-5-13(2)11-15)23-24-20(25)28-14(3)18(26)22-19(21)27/h4-11,14H,1-3H3,(H3,21,22,26,27). The predicted molar refractivity (Wildman–Crippen MR) is 109 cm³/mol. The quantitative estimate of drug-likeness (QED) is 0.646. The van der Waals surface area contributed by atoms with Crippen molar-refractivity contribution in [3.8, 4) is 17.1 Å². The fourth-order valence-electron chi connectivity index (χ4n) is 2.68. The number of hydrogen-bond donors (Lipinski definition) is 2. The fraction of sp³-hybridized carbons (Fsp3) is 0.200. The highest BCUT2D eigenvalue weighted by Gasteiger charge is 2.22. The fourth-order valence-corrected chi connectivity index (χ4v) is 3.55. The zero-order chi connectivity index (χ0) is 20.3. The first-order chi connectivity index (χ1) is 13.3. The number of primary amides is 1. The van der Waals surface area contributed by atoms with Crippen LogP contribution in [0.25, 0.3) is 17.1 Å². The van der Waals surface area contributed by atoms with Crippen LogP contribution in [0.5, 0.6) is 0 Å². The van der Waals surface area contributed by atoms with E-state index in [-0.39, 0.29) is 0 Å². The lowest BCUT2D eigenvalue weighted by Crippen LogP contribution is -2.39. The molecule has 144 valence electrons. The van der Waals surface area contributed by atoms with Gasteiger partial charge in [-0.25, -0.2) is 4.79 Å². The van der Waals surface area contributed by atoms with Gasteiger partial charge in [-0.15, -0.1) is 10.2 Å². The molecule has 1 aromatic heterocycles. The normalized spacial score (nSPS) is 11.8. The van der Waals surface area contributed by atoms with E-state index in [1.54, 1.807) is 6.92 Å². The Hall–Kier alpha value is -3.13. The van der Waals surface area contributed by atoms with E-state index in [1.165, 1.54) is 11.8 Å². The molecule has 3 rings (SSSR count). The molecule has 0 spiro atoms. The van der Waals surface area contributed by atoms with Gasteiger partial charge >= 0.3 is 6.03 Å². The van der Waals surface area contributed by atoms with Gasteiger partial charge in [-0.3, -0.25) is 14.7 Å². The first-order valence-corrected chi connectivity index (χ1v) is 9.59. The van der Waals surface area contributed by atoms with E-state index in [9.17, 15) is 9.59 Å². The van der Waals surface area contributed by atoms with Crippen molar-refractivity contribution in [2.24, 2.45) is 5.73 Å². The smallest absolute Gasteiger partial charge is 0.318 e. The lowest BCUT2D eigenvalue weighted by Gasteiger charge is -2.13. The molecule has 8 heteroatoms. The molecule has 0 aliphatic heterocycles. The molecule has 0 radical (unpaired) electrons. The van der Waals surface area contributed by atoms with Crippen molar-refractivity contribution in [3.63, 3.8) is 0 Å². The van der Waals surface area contributed by atoms with Crippen LogP contribution in [0.3, 0.4) is 0 Å². The third kappa shape index (κ3) is 4.40. The van der Waals surface area contributed by atoms with Crippen LogP contribution < -0.4 is 11.1 Å². The average molecular weight is 395 g/mol. The van der Waals surface area contributed by atoms with Crippen LogP contribution in [-0.2, 0) is 4.79 Å². The predicted octanol–water partition coefficient (Wildman–Crippen LogP) is 3.23. The largest absolute Gasteiger partial charge is 0.351 e. The summed E-state index contributed by atoms with van der Waals surface area (Å²) in [6, 6.07) is 15.1. The number of nitrogens with zero attached hydrogens (tertiary/aromatic N) is 3. The van der Waals surface area contributed by atoms with E-state index >= 15 is 0 Å². The van der Waals surface area contributed by atoms with Gasteiger partial charge in [0.15, 0.2) is 11.0 Å². The summed E-state index contributed by atoms with van der Waals surface area (Å²) in [5.41, 5.74) is 9.10. The number of aryl methyl sites for hydroxylation is 2. The van der Waals surface area contributed by atoms with Crippen molar-refractivity contribution < 1.29 is 9.59 Å². The van der Waals surface area contributed by atoms with Gasteiger partial charge in [-0.1, -0.05) is 53.2 Å². The number of hydrogen-bond acceptors (Lipinski definition) is 5. The van der Waals surface area contributed by atoms with Crippen molar-refractivity contribution in [1.29, 1.82) is 0 Å². The summed E-state index contributed by atoms with van der Waals surface area (Å²) < 4.78 is 1.91. The summed E-state index contributed by atoms with van der Waals surface area (Å²) in [7, 11) is 0. The van der Waals surface area contributed by atoms with Crippen LogP contribution in [0.2, 0.25) is 0 Å². The van der Waals surface area contributed by atoms with Gasteiger partial charge in [0, 0.05) is 11.3 Å². The number of aromatic nitrogens is 3. The van der Waals surface area contributed by atoms with Crippen molar-refractivity contribution >= 4 is 23.7 Å². The minimum Gasteiger partial charge on any atom is -0.351 e. The maximum atomic E-state index is 12.1. The van der Waals surface area contributed by atoms with Crippen molar-refractivity contribution in [3.05, 3.63) is 59.7 Å².